The van der Waals surface area contributed by atoms with Gasteiger partial charge in [0.1, 0.15) is 0 Å². The van der Waals surface area contributed by atoms with Crippen molar-refractivity contribution in [2.75, 3.05) is 5.73 Å². The van der Waals surface area contributed by atoms with Crippen molar-refractivity contribution in [1.82, 2.24) is 0 Å². The van der Waals surface area contributed by atoms with Crippen LogP contribution < -0.4 is 5.73 Å². The minimum absolute atomic E-state index is 0.0418. The number of carbonyl (C=O) groups is 1. The van der Waals surface area contributed by atoms with Crippen molar-refractivity contribution in [3.8, 4) is 0 Å². The molecule has 0 atom stereocenters. The van der Waals surface area contributed by atoms with Gasteiger partial charge in [-0.05, 0) is 30.3 Å². The number of hydrogen-bond donors (Lipinski definition) is 1. The molecular formula is C11H11NO. The van der Waals surface area contributed by atoms with Crippen LogP contribution in [0.4, 0.5) is 5.69 Å². The predicted molar refractivity (Wildman–Crippen MR) is 54.5 cm³/mol. The second-order valence-corrected chi connectivity index (χ2v) is 2.58. The van der Waals surface area contributed by atoms with Crippen LogP contribution in [0.3, 0.4) is 0 Å². The van der Waals surface area contributed by atoms with Gasteiger partial charge in [0, 0.05) is 11.3 Å². The summed E-state index contributed by atoms with van der Waals surface area (Å²) in [4.78, 5) is 11.3. The normalized spacial score (nSPS) is 10.2. The minimum atomic E-state index is -0.0418. The van der Waals surface area contributed by atoms with Gasteiger partial charge in [0.15, 0.2) is 5.78 Å². The molecule has 0 fully saturated rings. The van der Waals surface area contributed by atoms with E-state index in [0.29, 0.717) is 11.3 Å². The minimum Gasteiger partial charge on any atom is -0.399 e. The molecule has 0 aliphatic carbocycles. The molecule has 2 N–H and O–H groups in total. The molecule has 0 aliphatic heterocycles. The number of nitrogen functional groups attached to an aromatic ring is 1. The van der Waals surface area contributed by atoms with E-state index >= 15 is 0 Å². The lowest BCUT2D eigenvalue weighted by Gasteiger charge is -1.95. The van der Waals surface area contributed by atoms with Gasteiger partial charge < -0.3 is 5.73 Å². The molecule has 0 amide bonds. The molecule has 1 aromatic carbocycles. The third-order valence-electron chi connectivity index (χ3n) is 1.58. The van der Waals surface area contributed by atoms with Crippen LogP contribution in [0.25, 0.3) is 0 Å². The Morgan fingerprint density at radius 2 is 1.92 bits per heavy atom. The highest BCUT2D eigenvalue weighted by Gasteiger charge is 1.98. The maximum Gasteiger partial charge on any atom is 0.185 e. The summed E-state index contributed by atoms with van der Waals surface area (Å²) in [6.45, 7) is 3.48. The Labute approximate surface area is 77.4 Å². The third-order valence-corrected chi connectivity index (χ3v) is 1.58. The SMILES string of the molecule is C=CC=CC(=O)c1ccc(N)cc1. The Hall–Kier alpha value is -1.83. The molecule has 0 radical (unpaired) electrons. The Kier molecular flexibility index (Phi) is 3.03. The van der Waals surface area contributed by atoms with Crippen molar-refractivity contribution >= 4 is 11.5 Å². The molecule has 13 heavy (non-hydrogen) atoms. The van der Waals surface area contributed by atoms with Crippen LogP contribution in [-0.4, -0.2) is 5.78 Å². The molecule has 1 aromatic rings. The fourth-order valence-corrected chi connectivity index (χ4v) is 0.899. The van der Waals surface area contributed by atoms with E-state index in [-0.39, 0.29) is 5.78 Å². The lowest BCUT2D eigenvalue weighted by atomic mass is 10.1. The number of allylic oxidation sites excluding steroid dienone is 3. The zero-order chi connectivity index (χ0) is 9.68. The van der Waals surface area contributed by atoms with Gasteiger partial charge in [-0.2, -0.15) is 0 Å². The van der Waals surface area contributed by atoms with E-state index in [2.05, 4.69) is 6.58 Å². The maximum absolute atomic E-state index is 11.3. The van der Waals surface area contributed by atoms with Crippen LogP contribution in [-0.2, 0) is 0 Å². The summed E-state index contributed by atoms with van der Waals surface area (Å²) in [5.74, 6) is -0.0418. The summed E-state index contributed by atoms with van der Waals surface area (Å²) in [7, 11) is 0. The Bertz CT molecular complexity index is 336. The Morgan fingerprint density at radius 1 is 1.31 bits per heavy atom. The summed E-state index contributed by atoms with van der Waals surface area (Å²) in [5.41, 5.74) is 6.77. The molecule has 0 saturated carbocycles. The van der Waals surface area contributed by atoms with Gasteiger partial charge in [-0.15, -0.1) is 0 Å². The summed E-state index contributed by atoms with van der Waals surface area (Å²) in [6.07, 6.45) is 4.65. The van der Waals surface area contributed by atoms with Crippen LogP contribution in [0.1, 0.15) is 10.4 Å². The maximum atomic E-state index is 11.3. The highest BCUT2D eigenvalue weighted by Crippen LogP contribution is 2.06. The molecule has 0 saturated heterocycles. The van der Waals surface area contributed by atoms with Crippen LogP contribution in [0.2, 0.25) is 0 Å². The van der Waals surface area contributed by atoms with Gasteiger partial charge in [0.2, 0.25) is 0 Å². The molecule has 0 unspecified atom stereocenters. The van der Waals surface area contributed by atoms with E-state index < -0.39 is 0 Å². The molecular weight excluding hydrogens is 162 g/mol. The van der Waals surface area contributed by atoms with Crippen molar-refractivity contribution in [3.05, 3.63) is 54.6 Å². The molecule has 0 bridgehead atoms. The number of benzene rings is 1. The van der Waals surface area contributed by atoms with E-state index in [4.69, 9.17) is 5.73 Å². The second kappa shape index (κ2) is 4.26. The topological polar surface area (TPSA) is 43.1 Å². The van der Waals surface area contributed by atoms with E-state index in [1.54, 1.807) is 36.4 Å². The highest BCUT2D eigenvalue weighted by molar-refractivity contribution is 6.04. The van der Waals surface area contributed by atoms with Gasteiger partial charge in [-0.25, -0.2) is 0 Å². The smallest absolute Gasteiger partial charge is 0.185 e. The fourth-order valence-electron chi connectivity index (χ4n) is 0.899. The molecule has 0 aliphatic rings. The largest absolute Gasteiger partial charge is 0.399 e. The fraction of sp³-hybridized carbons (Fsp3) is 0. The number of nitrogens with two attached hydrogens (primary N) is 1. The first-order valence-corrected chi connectivity index (χ1v) is 3.93. The van der Waals surface area contributed by atoms with Crippen molar-refractivity contribution in [2.45, 2.75) is 0 Å². The summed E-state index contributed by atoms with van der Waals surface area (Å²) in [6, 6.07) is 6.81. The van der Waals surface area contributed by atoms with Crippen LogP contribution in [0, 0.1) is 0 Å². The molecule has 0 aromatic heterocycles. The molecule has 2 nitrogen and oxygen atoms in total. The molecule has 0 spiro atoms. The number of rotatable bonds is 3. The molecule has 1 rings (SSSR count). The van der Waals surface area contributed by atoms with E-state index in [1.165, 1.54) is 6.08 Å². The standard InChI is InChI=1S/C11H11NO/c1-2-3-4-11(13)9-5-7-10(12)8-6-9/h2-8H,1,12H2. The zero-order valence-corrected chi connectivity index (χ0v) is 7.23. The summed E-state index contributed by atoms with van der Waals surface area (Å²) in [5, 5.41) is 0. The van der Waals surface area contributed by atoms with Gasteiger partial charge in [-0.1, -0.05) is 18.7 Å². The summed E-state index contributed by atoms with van der Waals surface area (Å²) < 4.78 is 0. The average Bonchev–Trinajstić information content (AvgIpc) is 2.15. The average molecular weight is 173 g/mol. The van der Waals surface area contributed by atoms with Crippen molar-refractivity contribution in [2.24, 2.45) is 0 Å². The quantitative estimate of drug-likeness (QED) is 0.329. The van der Waals surface area contributed by atoms with E-state index in [0.717, 1.165) is 0 Å². The van der Waals surface area contributed by atoms with E-state index in [9.17, 15) is 4.79 Å². The van der Waals surface area contributed by atoms with Gasteiger partial charge in [0.25, 0.3) is 0 Å². The van der Waals surface area contributed by atoms with Gasteiger partial charge in [0.05, 0.1) is 0 Å². The monoisotopic (exact) mass is 173 g/mol. The predicted octanol–water partition coefficient (Wildman–Crippen LogP) is 2.19. The molecule has 0 heterocycles. The van der Waals surface area contributed by atoms with Crippen LogP contribution >= 0.6 is 0 Å². The molecule has 2 heteroatoms. The number of ketones is 1. The molecule has 66 valence electrons. The van der Waals surface area contributed by atoms with Crippen molar-refractivity contribution in [3.63, 3.8) is 0 Å². The Balaban J connectivity index is 2.83. The van der Waals surface area contributed by atoms with Gasteiger partial charge in [-0.3, -0.25) is 4.79 Å². The van der Waals surface area contributed by atoms with Crippen molar-refractivity contribution in [1.29, 1.82) is 0 Å². The second-order valence-electron chi connectivity index (χ2n) is 2.58. The van der Waals surface area contributed by atoms with Crippen molar-refractivity contribution < 1.29 is 4.79 Å². The lowest BCUT2D eigenvalue weighted by Crippen LogP contribution is -1.94. The third kappa shape index (κ3) is 2.60. The summed E-state index contributed by atoms with van der Waals surface area (Å²) >= 11 is 0. The highest BCUT2D eigenvalue weighted by atomic mass is 16.1. The first-order chi connectivity index (χ1) is 6.24. The van der Waals surface area contributed by atoms with Gasteiger partial charge >= 0.3 is 0 Å². The number of hydrogen-bond acceptors (Lipinski definition) is 2. The Morgan fingerprint density at radius 3 is 2.46 bits per heavy atom. The van der Waals surface area contributed by atoms with Crippen LogP contribution in [0.5, 0.6) is 0 Å². The number of anilines is 1. The van der Waals surface area contributed by atoms with E-state index in [1.807, 2.05) is 0 Å². The van der Waals surface area contributed by atoms with Crippen LogP contribution in [0.15, 0.2) is 49.1 Å². The zero-order valence-electron chi connectivity index (χ0n) is 7.23. The number of carbonyl (C=O) groups excluding carboxylic acids is 1. The lowest BCUT2D eigenvalue weighted by molar-refractivity contribution is 0.104. The first kappa shape index (κ1) is 9.26. The first-order valence-electron chi connectivity index (χ1n) is 3.93.